The summed E-state index contributed by atoms with van der Waals surface area (Å²) >= 11 is 0. The summed E-state index contributed by atoms with van der Waals surface area (Å²) in [4.78, 5) is 4.95. The summed E-state index contributed by atoms with van der Waals surface area (Å²) in [5.74, 6) is 0.777. The maximum atomic E-state index is 9.58. The molecule has 0 atom stereocenters. The van der Waals surface area contributed by atoms with E-state index in [2.05, 4.69) is 29.7 Å². The highest BCUT2D eigenvalue weighted by atomic mass is 16.5. The molecule has 0 spiro atoms. The van der Waals surface area contributed by atoms with Gasteiger partial charge in [-0.15, -0.1) is 0 Å². The van der Waals surface area contributed by atoms with Crippen molar-refractivity contribution in [2.24, 2.45) is 5.92 Å². The first-order chi connectivity index (χ1) is 9.16. The lowest BCUT2D eigenvalue weighted by Gasteiger charge is -2.45. The normalized spacial score (nSPS) is 25.4. The molecule has 0 N–H and O–H groups in total. The lowest BCUT2D eigenvalue weighted by atomic mass is 9.89. The largest absolute Gasteiger partial charge is 0.381 e. The van der Waals surface area contributed by atoms with Crippen molar-refractivity contribution >= 4 is 0 Å². The van der Waals surface area contributed by atoms with Crippen LogP contribution in [0, 0.1) is 17.2 Å². The Kier molecular flexibility index (Phi) is 5.20. The molecular weight excluding hydrogens is 238 g/mol. The summed E-state index contributed by atoms with van der Waals surface area (Å²) in [6.07, 6.45) is 3.02. The van der Waals surface area contributed by atoms with Gasteiger partial charge in [0.1, 0.15) is 5.54 Å². The van der Waals surface area contributed by atoms with Crippen molar-refractivity contribution in [2.75, 3.05) is 45.9 Å². The monoisotopic (exact) mass is 265 g/mol. The third-order valence-electron chi connectivity index (χ3n) is 4.53. The van der Waals surface area contributed by atoms with Gasteiger partial charge in [0.25, 0.3) is 0 Å². The van der Waals surface area contributed by atoms with E-state index in [-0.39, 0.29) is 5.54 Å². The highest BCUT2D eigenvalue weighted by Gasteiger charge is 2.39. The number of rotatable bonds is 4. The molecular formula is C15H27N3O. The molecule has 0 aromatic carbocycles. The summed E-state index contributed by atoms with van der Waals surface area (Å²) in [5.41, 5.74) is -0.248. The van der Waals surface area contributed by atoms with Crippen LogP contribution in [0.5, 0.6) is 0 Å². The summed E-state index contributed by atoms with van der Waals surface area (Å²) in [6, 6.07) is 2.58. The van der Waals surface area contributed by atoms with E-state index >= 15 is 0 Å². The van der Waals surface area contributed by atoms with E-state index in [1.807, 2.05) is 0 Å². The van der Waals surface area contributed by atoms with Crippen molar-refractivity contribution in [3.63, 3.8) is 0 Å². The van der Waals surface area contributed by atoms with Crippen molar-refractivity contribution < 1.29 is 4.74 Å². The van der Waals surface area contributed by atoms with E-state index in [9.17, 15) is 5.26 Å². The summed E-state index contributed by atoms with van der Waals surface area (Å²) in [6.45, 7) is 11.5. The van der Waals surface area contributed by atoms with Gasteiger partial charge in [0.2, 0.25) is 0 Å². The number of nitriles is 1. The molecule has 0 aliphatic carbocycles. The van der Waals surface area contributed by atoms with Crippen molar-refractivity contribution in [2.45, 2.75) is 38.6 Å². The number of nitrogens with zero attached hydrogens (tertiary/aromatic N) is 3. The van der Waals surface area contributed by atoms with Gasteiger partial charge in [-0.05, 0) is 18.9 Å². The van der Waals surface area contributed by atoms with E-state index in [4.69, 9.17) is 4.74 Å². The molecule has 2 fully saturated rings. The van der Waals surface area contributed by atoms with Crippen LogP contribution in [0.2, 0.25) is 0 Å². The summed E-state index contributed by atoms with van der Waals surface area (Å²) in [5, 5.41) is 9.58. The second kappa shape index (κ2) is 6.69. The number of hydrogen-bond donors (Lipinski definition) is 0. The fraction of sp³-hybridized carbons (Fsp3) is 0.933. The molecule has 0 amide bonds. The highest BCUT2D eigenvalue weighted by molar-refractivity contribution is 5.10. The van der Waals surface area contributed by atoms with Gasteiger partial charge >= 0.3 is 0 Å². The van der Waals surface area contributed by atoms with Gasteiger partial charge in [-0.1, -0.05) is 13.8 Å². The topological polar surface area (TPSA) is 39.5 Å². The van der Waals surface area contributed by atoms with E-state index in [0.717, 1.165) is 58.2 Å². The van der Waals surface area contributed by atoms with Crippen LogP contribution >= 0.6 is 0 Å². The van der Waals surface area contributed by atoms with Gasteiger partial charge < -0.3 is 9.64 Å². The quantitative estimate of drug-likeness (QED) is 0.776. The molecule has 0 unspecified atom stereocenters. The first kappa shape index (κ1) is 14.8. The van der Waals surface area contributed by atoms with Gasteiger partial charge in [0.05, 0.1) is 6.07 Å². The van der Waals surface area contributed by atoms with Crippen molar-refractivity contribution in [1.29, 1.82) is 5.26 Å². The Morgan fingerprint density at radius 1 is 1.16 bits per heavy atom. The predicted octanol–water partition coefficient (Wildman–Crippen LogP) is 1.72. The Morgan fingerprint density at radius 3 is 2.32 bits per heavy atom. The van der Waals surface area contributed by atoms with Crippen molar-refractivity contribution in [3.05, 3.63) is 0 Å². The summed E-state index contributed by atoms with van der Waals surface area (Å²) in [7, 11) is 0. The fourth-order valence-electron chi connectivity index (χ4n) is 3.05. The van der Waals surface area contributed by atoms with Crippen LogP contribution in [0.3, 0.4) is 0 Å². The smallest absolute Gasteiger partial charge is 0.113 e. The minimum Gasteiger partial charge on any atom is -0.381 e. The molecule has 2 rings (SSSR count). The van der Waals surface area contributed by atoms with Gasteiger partial charge in [0, 0.05) is 52.2 Å². The lowest BCUT2D eigenvalue weighted by Crippen LogP contribution is -2.58. The van der Waals surface area contributed by atoms with Crippen LogP contribution < -0.4 is 0 Å². The maximum Gasteiger partial charge on any atom is 0.113 e. The molecule has 4 heteroatoms. The third-order valence-corrected chi connectivity index (χ3v) is 4.53. The third kappa shape index (κ3) is 3.68. The zero-order valence-corrected chi connectivity index (χ0v) is 12.4. The number of piperazine rings is 1. The lowest BCUT2D eigenvalue weighted by molar-refractivity contribution is -0.0194. The predicted molar refractivity (Wildman–Crippen MR) is 75.9 cm³/mol. The van der Waals surface area contributed by atoms with Crippen LogP contribution in [0.1, 0.15) is 33.1 Å². The summed E-state index contributed by atoms with van der Waals surface area (Å²) < 4.78 is 5.42. The van der Waals surface area contributed by atoms with Gasteiger partial charge in [-0.2, -0.15) is 5.26 Å². The minimum absolute atomic E-state index is 0.248. The highest BCUT2D eigenvalue weighted by Crippen LogP contribution is 2.28. The second-order valence-corrected chi connectivity index (χ2v) is 6.27. The van der Waals surface area contributed by atoms with Crippen LogP contribution in [-0.2, 0) is 4.74 Å². The number of ether oxygens (including phenoxy) is 1. The van der Waals surface area contributed by atoms with Gasteiger partial charge in [-0.3, -0.25) is 4.90 Å². The van der Waals surface area contributed by atoms with E-state index < -0.39 is 0 Å². The average molecular weight is 265 g/mol. The Morgan fingerprint density at radius 2 is 1.79 bits per heavy atom. The average Bonchev–Trinajstić information content (AvgIpc) is 2.46. The van der Waals surface area contributed by atoms with Crippen molar-refractivity contribution in [1.82, 2.24) is 9.80 Å². The molecule has 2 saturated heterocycles. The molecule has 4 nitrogen and oxygen atoms in total. The zero-order valence-electron chi connectivity index (χ0n) is 12.4. The van der Waals surface area contributed by atoms with Crippen LogP contribution in [0.15, 0.2) is 0 Å². The van der Waals surface area contributed by atoms with Crippen molar-refractivity contribution in [3.8, 4) is 6.07 Å². The molecule has 2 aliphatic rings. The minimum atomic E-state index is -0.248. The molecule has 0 aromatic rings. The fourth-order valence-corrected chi connectivity index (χ4v) is 3.05. The molecule has 2 heterocycles. The first-order valence-corrected chi connectivity index (χ1v) is 7.63. The molecule has 0 radical (unpaired) electrons. The SMILES string of the molecule is CC(C)CCN1CCN(C2(C#N)CCOCC2)CC1. The van der Waals surface area contributed by atoms with Crippen LogP contribution in [-0.4, -0.2) is 61.3 Å². The Balaban J connectivity index is 1.83. The molecule has 0 aromatic heterocycles. The maximum absolute atomic E-state index is 9.58. The Hall–Kier alpha value is -0.630. The van der Waals surface area contributed by atoms with E-state index in [1.54, 1.807) is 0 Å². The van der Waals surface area contributed by atoms with Crippen LogP contribution in [0.4, 0.5) is 0 Å². The second-order valence-electron chi connectivity index (χ2n) is 6.27. The Bertz CT molecular complexity index is 310. The first-order valence-electron chi connectivity index (χ1n) is 7.63. The van der Waals surface area contributed by atoms with E-state index in [0.29, 0.717) is 0 Å². The molecule has 19 heavy (non-hydrogen) atoms. The van der Waals surface area contributed by atoms with Gasteiger partial charge in [0.15, 0.2) is 0 Å². The van der Waals surface area contributed by atoms with Gasteiger partial charge in [-0.25, -0.2) is 0 Å². The number of hydrogen-bond acceptors (Lipinski definition) is 4. The zero-order chi connectivity index (χ0) is 13.7. The standard InChI is InChI=1S/C15H27N3O/c1-14(2)3-6-17-7-9-18(10-8-17)15(13-16)4-11-19-12-5-15/h14H,3-12H2,1-2H3. The molecule has 0 saturated carbocycles. The van der Waals surface area contributed by atoms with Crippen LogP contribution in [0.25, 0.3) is 0 Å². The molecule has 108 valence electrons. The molecule has 2 aliphatic heterocycles. The Labute approximate surface area is 117 Å². The van der Waals surface area contributed by atoms with E-state index in [1.165, 1.54) is 13.0 Å². The molecule has 0 bridgehead atoms.